The summed E-state index contributed by atoms with van der Waals surface area (Å²) < 4.78 is 32.9. The van der Waals surface area contributed by atoms with Gasteiger partial charge in [-0.2, -0.15) is 4.31 Å². The molecular formula is C26H32N2O5S. The van der Waals surface area contributed by atoms with Crippen molar-refractivity contribution >= 4 is 21.7 Å². The van der Waals surface area contributed by atoms with Gasteiger partial charge in [-0.25, -0.2) is 8.42 Å². The monoisotopic (exact) mass is 484 g/mol. The van der Waals surface area contributed by atoms with Crippen LogP contribution in [0.3, 0.4) is 0 Å². The van der Waals surface area contributed by atoms with Gasteiger partial charge in [-0.05, 0) is 56.9 Å². The highest BCUT2D eigenvalue weighted by atomic mass is 32.2. The van der Waals surface area contributed by atoms with Gasteiger partial charge in [0.05, 0.1) is 11.5 Å². The number of Topliss-reactive ketones (excluding diaryl/α,β-unsaturated/α-hetero) is 1. The lowest BCUT2D eigenvalue weighted by molar-refractivity contribution is -0.138. The summed E-state index contributed by atoms with van der Waals surface area (Å²) in [5.74, 6) is 0.657. The molecule has 0 aliphatic carbocycles. The van der Waals surface area contributed by atoms with Gasteiger partial charge < -0.3 is 9.64 Å². The number of likely N-dealkylation sites (tertiary alicyclic amines) is 1. The van der Waals surface area contributed by atoms with Crippen molar-refractivity contribution in [3.63, 3.8) is 0 Å². The van der Waals surface area contributed by atoms with E-state index in [0.717, 1.165) is 5.56 Å². The zero-order chi connectivity index (χ0) is 24.1. The van der Waals surface area contributed by atoms with Gasteiger partial charge in [0, 0.05) is 43.6 Å². The number of carbonyl (C=O) groups is 2. The molecule has 0 unspecified atom stereocenters. The van der Waals surface area contributed by atoms with Crippen molar-refractivity contribution in [2.45, 2.75) is 37.5 Å². The minimum atomic E-state index is -3.60. The van der Waals surface area contributed by atoms with Gasteiger partial charge in [-0.3, -0.25) is 9.59 Å². The Hall–Kier alpha value is -2.71. The van der Waals surface area contributed by atoms with Crippen LogP contribution in [0.4, 0.5) is 0 Å². The van der Waals surface area contributed by atoms with Gasteiger partial charge in [-0.15, -0.1) is 0 Å². The first-order valence-electron chi connectivity index (χ1n) is 12.0. The first kappa shape index (κ1) is 24.4. The van der Waals surface area contributed by atoms with E-state index in [9.17, 15) is 18.0 Å². The van der Waals surface area contributed by atoms with Crippen LogP contribution in [0.15, 0.2) is 59.5 Å². The Kier molecular flexibility index (Phi) is 7.68. The van der Waals surface area contributed by atoms with Gasteiger partial charge in [0.25, 0.3) is 0 Å². The van der Waals surface area contributed by atoms with E-state index >= 15 is 0 Å². The van der Waals surface area contributed by atoms with E-state index in [2.05, 4.69) is 0 Å². The molecule has 1 amide bonds. The molecule has 2 saturated heterocycles. The summed E-state index contributed by atoms with van der Waals surface area (Å²) in [7, 11) is -3.60. The fraction of sp³-hybridized carbons (Fsp3) is 0.462. The zero-order valence-corrected chi connectivity index (χ0v) is 20.4. The van der Waals surface area contributed by atoms with E-state index in [1.165, 1.54) is 4.31 Å². The van der Waals surface area contributed by atoms with Crippen molar-refractivity contribution in [1.82, 2.24) is 9.21 Å². The fourth-order valence-corrected chi connectivity index (χ4v) is 6.29. The Balaban J connectivity index is 1.29. The van der Waals surface area contributed by atoms with Gasteiger partial charge in [0.1, 0.15) is 5.75 Å². The molecule has 2 heterocycles. The lowest BCUT2D eigenvalue weighted by Gasteiger charge is -2.36. The number of ketones is 1. The molecule has 0 atom stereocenters. The predicted octanol–water partition coefficient (Wildman–Crippen LogP) is 3.61. The van der Waals surface area contributed by atoms with Crippen molar-refractivity contribution in [2.75, 3.05) is 32.8 Å². The second-order valence-electron chi connectivity index (χ2n) is 8.91. The van der Waals surface area contributed by atoms with Crippen LogP contribution in [0.5, 0.6) is 5.75 Å². The normalized spacial score (nSPS) is 18.6. The minimum absolute atomic E-state index is 0.0486. The van der Waals surface area contributed by atoms with E-state index in [0.29, 0.717) is 64.2 Å². The summed E-state index contributed by atoms with van der Waals surface area (Å²) in [5.41, 5.74) is 0.730. The molecule has 34 heavy (non-hydrogen) atoms. The summed E-state index contributed by atoms with van der Waals surface area (Å²) in [6.45, 7) is 4.21. The van der Waals surface area contributed by atoms with Crippen molar-refractivity contribution in [3.05, 3.63) is 60.2 Å². The molecule has 0 spiro atoms. The van der Waals surface area contributed by atoms with Crippen molar-refractivity contribution < 1.29 is 22.7 Å². The smallest absolute Gasteiger partial charge is 0.243 e. The van der Waals surface area contributed by atoms with Crippen LogP contribution < -0.4 is 4.74 Å². The number of carbonyl (C=O) groups excluding carboxylic acids is 2. The quantitative estimate of drug-likeness (QED) is 0.561. The van der Waals surface area contributed by atoms with Crippen LogP contribution in [0.1, 0.15) is 43.0 Å². The molecule has 2 aliphatic heterocycles. The number of nitrogens with zero attached hydrogens (tertiary/aromatic N) is 2. The number of hydrogen-bond donors (Lipinski definition) is 0. The second-order valence-corrected chi connectivity index (χ2v) is 10.9. The number of hydrogen-bond acceptors (Lipinski definition) is 5. The Labute approximate surface area is 201 Å². The molecular weight excluding hydrogens is 452 g/mol. The molecule has 182 valence electrons. The standard InChI is InChI=1S/C26H32N2O5S/c1-2-33-23-8-10-24(11-9-23)34(31,32)28-18-14-22(15-19-28)26(30)27-16-12-21(13-17-27)25(29)20-6-4-3-5-7-20/h3-11,21-22H,2,12-19H2,1H3. The molecule has 0 bridgehead atoms. The van der Waals surface area contributed by atoms with Crippen LogP contribution in [0.2, 0.25) is 0 Å². The van der Waals surface area contributed by atoms with E-state index in [1.807, 2.05) is 42.2 Å². The number of amides is 1. The van der Waals surface area contributed by atoms with Crippen molar-refractivity contribution in [2.24, 2.45) is 11.8 Å². The molecule has 7 nitrogen and oxygen atoms in total. The van der Waals surface area contributed by atoms with Gasteiger partial charge in [0.2, 0.25) is 15.9 Å². The molecule has 2 aliphatic rings. The average molecular weight is 485 g/mol. The van der Waals surface area contributed by atoms with Crippen LogP contribution >= 0.6 is 0 Å². The van der Waals surface area contributed by atoms with Gasteiger partial charge >= 0.3 is 0 Å². The van der Waals surface area contributed by atoms with Crippen LogP contribution in [0.25, 0.3) is 0 Å². The first-order valence-corrected chi connectivity index (χ1v) is 13.4. The maximum atomic E-state index is 13.1. The summed E-state index contributed by atoms with van der Waals surface area (Å²) in [6.07, 6.45) is 2.37. The molecule has 0 radical (unpaired) electrons. The predicted molar refractivity (Wildman–Crippen MR) is 129 cm³/mol. The third-order valence-corrected chi connectivity index (χ3v) is 8.72. The average Bonchev–Trinajstić information content (AvgIpc) is 2.89. The highest BCUT2D eigenvalue weighted by Gasteiger charge is 2.35. The fourth-order valence-electron chi connectivity index (χ4n) is 4.83. The third kappa shape index (κ3) is 5.33. The van der Waals surface area contributed by atoms with Gasteiger partial charge in [-0.1, -0.05) is 30.3 Å². The molecule has 2 aromatic carbocycles. The lowest BCUT2D eigenvalue weighted by atomic mass is 9.88. The summed E-state index contributed by atoms with van der Waals surface area (Å²) in [4.78, 5) is 27.9. The molecule has 0 saturated carbocycles. The highest BCUT2D eigenvalue weighted by Crippen LogP contribution is 2.28. The second kappa shape index (κ2) is 10.7. The van der Waals surface area contributed by atoms with Crippen LogP contribution in [0, 0.1) is 11.8 Å². The summed E-state index contributed by atoms with van der Waals surface area (Å²) in [5, 5.41) is 0. The lowest BCUT2D eigenvalue weighted by Crippen LogP contribution is -2.47. The van der Waals surface area contributed by atoms with Crippen LogP contribution in [-0.4, -0.2) is 62.1 Å². The SMILES string of the molecule is CCOc1ccc(S(=O)(=O)N2CCC(C(=O)N3CCC(C(=O)c4ccccc4)CC3)CC2)cc1. The summed E-state index contributed by atoms with van der Waals surface area (Å²) >= 11 is 0. The largest absolute Gasteiger partial charge is 0.494 e. The maximum Gasteiger partial charge on any atom is 0.243 e. The Morgan fingerprint density at radius 2 is 1.44 bits per heavy atom. The van der Waals surface area contributed by atoms with E-state index in [1.54, 1.807) is 24.3 Å². The van der Waals surface area contributed by atoms with Crippen LogP contribution in [-0.2, 0) is 14.8 Å². The molecule has 8 heteroatoms. The Morgan fingerprint density at radius 1 is 0.853 bits per heavy atom. The number of benzene rings is 2. The number of ether oxygens (including phenoxy) is 1. The molecule has 0 N–H and O–H groups in total. The number of sulfonamides is 1. The Bertz CT molecular complexity index is 1090. The van der Waals surface area contributed by atoms with E-state index < -0.39 is 10.0 Å². The summed E-state index contributed by atoms with van der Waals surface area (Å²) in [6, 6.07) is 15.8. The molecule has 4 rings (SSSR count). The van der Waals surface area contributed by atoms with E-state index in [-0.39, 0.29) is 28.4 Å². The van der Waals surface area contributed by atoms with Crippen molar-refractivity contribution in [3.8, 4) is 5.75 Å². The molecule has 2 aromatic rings. The minimum Gasteiger partial charge on any atom is -0.494 e. The van der Waals surface area contributed by atoms with E-state index in [4.69, 9.17) is 4.74 Å². The zero-order valence-electron chi connectivity index (χ0n) is 19.6. The first-order chi connectivity index (χ1) is 16.4. The number of rotatable bonds is 7. The third-order valence-electron chi connectivity index (χ3n) is 6.81. The molecule has 0 aromatic heterocycles. The highest BCUT2D eigenvalue weighted by molar-refractivity contribution is 7.89. The van der Waals surface area contributed by atoms with Crippen molar-refractivity contribution in [1.29, 1.82) is 0 Å². The topological polar surface area (TPSA) is 84.0 Å². The maximum absolute atomic E-state index is 13.1. The van der Waals surface area contributed by atoms with Gasteiger partial charge in [0.15, 0.2) is 5.78 Å². The number of piperidine rings is 2. The Morgan fingerprint density at radius 3 is 2.03 bits per heavy atom. The molecule has 2 fully saturated rings.